The van der Waals surface area contributed by atoms with Crippen LogP contribution in [0.3, 0.4) is 0 Å². The Balaban J connectivity index is 1.76. The van der Waals surface area contributed by atoms with Crippen LogP contribution in [0, 0.1) is 6.92 Å². The highest BCUT2D eigenvalue weighted by Gasteiger charge is 2.08. The van der Waals surface area contributed by atoms with E-state index in [0.717, 1.165) is 30.7 Å². The maximum atomic E-state index is 4.60. The van der Waals surface area contributed by atoms with Crippen LogP contribution in [0.1, 0.15) is 12.1 Å². The average molecular weight is 280 g/mol. The Labute approximate surface area is 125 Å². The highest BCUT2D eigenvalue weighted by atomic mass is 15.1. The lowest BCUT2D eigenvalue weighted by molar-refractivity contribution is 0.638. The maximum absolute atomic E-state index is 4.60. The van der Waals surface area contributed by atoms with Gasteiger partial charge in [0.05, 0.1) is 11.8 Å². The molecule has 0 radical (unpaired) electrons. The third-order valence-corrected chi connectivity index (χ3v) is 3.70. The summed E-state index contributed by atoms with van der Waals surface area (Å²) in [6.45, 7) is 4.05. The highest BCUT2D eigenvalue weighted by molar-refractivity contribution is 5.91. The van der Waals surface area contributed by atoms with E-state index in [2.05, 4.69) is 57.7 Å². The molecule has 3 rings (SSSR count). The molecule has 1 aromatic carbocycles. The first kappa shape index (κ1) is 13.6. The molecule has 0 aliphatic rings. The molecule has 4 nitrogen and oxygen atoms in total. The van der Waals surface area contributed by atoms with Crippen molar-refractivity contribution in [3.63, 3.8) is 0 Å². The Kier molecular flexibility index (Phi) is 3.86. The van der Waals surface area contributed by atoms with Crippen LogP contribution in [0.25, 0.3) is 10.9 Å². The molecule has 0 bridgehead atoms. The Morgan fingerprint density at radius 1 is 1.24 bits per heavy atom. The zero-order chi connectivity index (χ0) is 14.7. The summed E-state index contributed by atoms with van der Waals surface area (Å²) in [5, 5.41) is 1.22. The van der Waals surface area contributed by atoms with E-state index in [4.69, 9.17) is 0 Å². The quantitative estimate of drug-likeness (QED) is 0.719. The second-order valence-corrected chi connectivity index (χ2v) is 5.38. The van der Waals surface area contributed by atoms with Crippen LogP contribution < -0.4 is 4.90 Å². The van der Waals surface area contributed by atoms with Gasteiger partial charge in [-0.2, -0.15) is 0 Å². The van der Waals surface area contributed by atoms with Crippen molar-refractivity contribution in [2.75, 3.05) is 18.5 Å². The van der Waals surface area contributed by atoms with Crippen LogP contribution in [0.4, 0.5) is 5.69 Å². The number of aromatic nitrogens is 3. The minimum atomic E-state index is 0.992. The van der Waals surface area contributed by atoms with Crippen LogP contribution in [0.2, 0.25) is 0 Å². The second kappa shape index (κ2) is 5.95. The molecule has 0 aliphatic carbocycles. The van der Waals surface area contributed by atoms with Gasteiger partial charge in [0.25, 0.3) is 0 Å². The zero-order valence-electron chi connectivity index (χ0n) is 12.5. The Morgan fingerprint density at radius 2 is 2.10 bits per heavy atom. The molecule has 0 saturated carbocycles. The van der Waals surface area contributed by atoms with Crippen LogP contribution in [0.5, 0.6) is 0 Å². The molecule has 0 atom stereocenters. The van der Waals surface area contributed by atoms with Crippen LogP contribution in [0.15, 0.2) is 49.1 Å². The van der Waals surface area contributed by atoms with Gasteiger partial charge in [-0.1, -0.05) is 18.2 Å². The molecule has 0 aliphatic heterocycles. The average Bonchev–Trinajstić information content (AvgIpc) is 2.99. The molecule has 0 spiro atoms. The van der Waals surface area contributed by atoms with Gasteiger partial charge in [0.2, 0.25) is 0 Å². The molecule has 21 heavy (non-hydrogen) atoms. The molecular weight excluding hydrogens is 260 g/mol. The maximum Gasteiger partial charge on any atom is 0.0945 e. The first-order chi connectivity index (χ1) is 10.2. The van der Waals surface area contributed by atoms with Crippen molar-refractivity contribution >= 4 is 16.6 Å². The number of rotatable bonds is 5. The number of imidazole rings is 1. The number of aryl methyl sites for hydroxylation is 2. The molecule has 0 saturated heterocycles. The molecule has 3 aromatic rings. The van der Waals surface area contributed by atoms with Gasteiger partial charge < -0.3 is 9.47 Å². The van der Waals surface area contributed by atoms with Crippen molar-refractivity contribution < 1.29 is 0 Å². The fraction of sp³-hybridized carbons (Fsp3) is 0.294. The van der Waals surface area contributed by atoms with Gasteiger partial charge >= 0.3 is 0 Å². The van der Waals surface area contributed by atoms with E-state index in [-0.39, 0.29) is 0 Å². The third kappa shape index (κ3) is 3.05. The predicted molar refractivity (Wildman–Crippen MR) is 86.6 cm³/mol. The van der Waals surface area contributed by atoms with Gasteiger partial charge in [0.15, 0.2) is 0 Å². The first-order valence-corrected chi connectivity index (χ1v) is 7.27. The van der Waals surface area contributed by atoms with E-state index in [1.54, 1.807) is 0 Å². The van der Waals surface area contributed by atoms with E-state index in [0.29, 0.717) is 0 Å². The lowest BCUT2D eigenvalue weighted by atomic mass is 10.1. The van der Waals surface area contributed by atoms with Gasteiger partial charge in [0, 0.05) is 49.3 Å². The fourth-order valence-corrected chi connectivity index (χ4v) is 2.63. The summed E-state index contributed by atoms with van der Waals surface area (Å²) in [5.74, 6) is 0. The highest BCUT2D eigenvalue weighted by Crippen LogP contribution is 2.25. The van der Waals surface area contributed by atoms with Gasteiger partial charge in [-0.05, 0) is 25.5 Å². The van der Waals surface area contributed by atoms with E-state index in [1.165, 1.54) is 11.1 Å². The number of fused-ring (bicyclic) bond motifs is 1. The molecule has 2 aromatic heterocycles. The SMILES string of the molecule is Cc1cc(N(C)CCCn2ccnc2)c2ccccc2n1. The Hall–Kier alpha value is -2.36. The minimum absolute atomic E-state index is 0.992. The van der Waals surface area contributed by atoms with Gasteiger partial charge in [-0.3, -0.25) is 4.98 Å². The third-order valence-electron chi connectivity index (χ3n) is 3.70. The number of nitrogens with zero attached hydrogens (tertiary/aromatic N) is 4. The summed E-state index contributed by atoms with van der Waals surface area (Å²) >= 11 is 0. The first-order valence-electron chi connectivity index (χ1n) is 7.27. The van der Waals surface area contributed by atoms with Gasteiger partial charge in [0.1, 0.15) is 0 Å². The van der Waals surface area contributed by atoms with Crippen LogP contribution in [-0.2, 0) is 6.54 Å². The van der Waals surface area contributed by atoms with Crippen molar-refractivity contribution in [1.29, 1.82) is 0 Å². The van der Waals surface area contributed by atoms with E-state index in [9.17, 15) is 0 Å². The standard InChI is InChI=1S/C17H20N4/c1-14-12-17(15-6-3-4-7-16(15)19-14)20(2)9-5-10-21-11-8-18-13-21/h3-4,6-8,11-13H,5,9-10H2,1-2H3. The number of para-hydroxylation sites is 1. The molecule has 4 heteroatoms. The van der Waals surface area contributed by atoms with Crippen LogP contribution in [-0.4, -0.2) is 28.1 Å². The molecule has 0 amide bonds. The van der Waals surface area contributed by atoms with Crippen molar-refractivity contribution in [2.24, 2.45) is 0 Å². The molecule has 108 valence electrons. The summed E-state index contributed by atoms with van der Waals surface area (Å²) in [6.07, 6.45) is 6.78. The molecule has 0 fully saturated rings. The van der Waals surface area contributed by atoms with Gasteiger partial charge in [-0.25, -0.2) is 4.98 Å². The normalized spacial score (nSPS) is 11.0. The summed E-state index contributed by atoms with van der Waals surface area (Å²) in [4.78, 5) is 11.0. The van der Waals surface area contributed by atoms with E-state index < -0.39 is 0 Å². The van der Waals surface area contributed by atoms with E-state index in [1.807, 2.05) is 24.8 Å². The van der Waals surface area contributed by atoms with Crippen molar-refractivity contribution in [2.45, 2.75) is 19.9 Å². The second-order valence-electron chi connectivity index (χ2n) is 5.38. The number of pyridine rings is 1. The zero-order valence-corrected chi connectivity index (χ0v) is 12.5. The van der Waals surface area contributed by atoms with E-state index >= 15 is 0 Å². The summed E-state index contributed by atoms with van der Waals surface area (Å²) in [6, 6.07) is 10.5. The minimum Gasteiger partial charge on any atom is -0.374 e. The van der Waals surface area contributed by atoms with Crippen molar-refractivity contribution in [1.82, 2.24) is 14.5 Å². The smallest absolute Gasteiger partial charge is 0.0945 e. The molecule has 0 unspecified atom stereocenters. The largest absolute Gasteiger partial charge is 0.374 e. The van der Waals surface area contributed by atoms with Gasteiger partial charge in [-0.15, -0.1) is 0 Å². The van der Waals surface area contributed by atoms with Crippen LogP contribution >= 0.6 is 0 Å². The Morgan fingerprint density at radius 3 is 2.90 bits per heavy atom. The van der Waals surface area contributed by atoms with Crippen molar-refractivity contribution in [3.05, 3.63) is 54.7 Å². The number of hydrogen-bond acceptors (Lipinski definition) is 3. The molecular formula is C17H20N4. The lowest BCUT2D eigenvalue weighted by Crippen LogP contribution is -2.20. The lowest BCUT2D eigenvalue weighted by Gasteiger charge is -2.21. The molecule has 0 N–H and O–H groups in total. The Bertz CT molecular complexity index is 719. The number of hydrogen-bond donors (Lipinski definition) is 0. The number of benzene rings is 1. The van der Waals surface area contributed by atoms with Crippen molar-refractivity contribution in [3.8, 4) is 0 Å². The topological polar surface area (TPSA) is 34.0 Å². The number of anilines is 1. The summed E-state index contributed by atoms with van der Waals surface area (Å²) in [7, 11) is 2.15. The monoisotopic (exact) mass is 280 g/mol. The summed E-state index contributed by atoms with van der Waals surface area (Å²) < 4.78 is 2.11. The fourth-order valence-electron chi connectivity index (χ4n) is 2.63. The predicted octanol–water partition coefficient (Wildman–Crippen LogP) is 3.27. The summed E-state index contributed by atoms with van der Waals surface area (Å²) in [5.41, 5.74) is 3.38. The molecule has 2 heterocycles.